The van der Waals surface area contributed by atoms with Crippen LogP contribution in [0, 0.1) is 5.92 Å². The molecule has 0 unspecified atom stereocenters. The van der Waals surface area contributed by atoms with E-state index in [1.807, 2.05) is 30.3 Å². The fourth-order valence-corrected chi connectivity index (χ4v) is 4.31. The smallest absolute Gasteiger partial charge is 0.215 e. The Morgan fingerprint density at radius 2 is 1.97 bits per heavy atom. The molecule has 0 spiro atoms. The Kier molecular flexibility index (Phi) is 6.81. The summed E-state index contributed by atoms with van der Waals surface area (Å²) in [5.41, 5.74) is 8.90. The highest BCUT2D eigenvalue weighted by atomic mass is 16.1. The molecular weight excluding hydrogens is 398 g/mol. The number of piperazine rings is 1. The molecule has 3 aromatic rings. The maximum absolute atomic E-state index is 13.5. The van der Waals surface area contributed by atoms with Gasteiger partial charge in [-0.1, -0.05) is 50.2 Å². The van der Waals surface area contributed by atoms with Crippen LogP contribution in [0.3, 0.4) is 0 Å². The first-order valence-corrected chi connectivity index (χ1v) is 11.3. The predicted octanol–water partition coefficient (Wildman–Crippen LogP) is 3.70. The lowest BCUT2D eigenvalue weighted by molar-refractivity contribution is 0.103. The summed E-state index contributed by atoms with van der Waals surface area (Å²) in [6, 6.07) is 18.1. The molecule has 4 rings (SSSR count). The lowest BCUT2D eigenvalue weighted by atomic mass is 9.98. The number of nitrogens with two attached hydrogens (primary N) is 1. The summed E-state index contributed by atoms with van der Waals surface area (Å²) in [5, 5.41) is 3.60. The minimum atomic E-state index is -0.183. The summed E-state index contributed by atoms with van der Waals surface area (Å²) < 4.78 is 0. The molecular formula is C26H31N5O. The molecule has 1 aromatic carbocycles. The van der Waals surface area contributed by atoms with E-state index in [4.69, 9.17) is 10.7 Å². The van der Waals surface area contributed by atoms with Gasteiger partial charge in [-0.25, -0.2) is 9.97 Å². The predicted molar refractivity (Wildman–Crippen MR) is 129 cm³/mol. The number of aromatic nitrogens is 2. The van der Waals surface area contributed by atoms with E-state index in [-0.39, 0.29) is 11.6 Å². The van der Waals surface area contributed by atoms with Crippen molar-refractivity contribution < 1.29 is 4.79 Å². The van der Waals surface area contributed by atoms with E-state index in [0.717, 1.165) is 43.0 Å². The van der Waals surface area contributed by atoms with Gasteiger partial charge in [-0.3, -0.25) is 4.79 Å². The van der Waals surface area contributed by atoms with Crippen LogP contribution in [0.25, 0.3) is 0 Å². The van der Waals surface area contributed by atoms with Gasteiger partial charge in [0.05, 0.1) is 5.56 Å². The highest BCUT2D eigenvalue weighted by Crippen LogP contribution is 2.24. The van der Waals surface area contributed by atoms with E-state index in [0.29, 0.717) is 29.6 Å². The number of pyridine rings is 2. The molecule has 0 aliphatic carbocycles. The normalized spacial score (nSPS) is 16.3. The second-order valence-corrected chi connectivity index (χ2v) is 8.83. The van der Waals surface area contributed by atoms with Crippen LogP contribution < -0.4 is 16.0 Å². The number of ketones is 1. The lowest BCUT2D eigenvalue weighted by Gasteiger charge is -2.35. The number of nitrogens with one attached hydrogen (secondary N) is 1. The molecule has 6 nitrogen and oxygen atoms in total. The van der Waals surface area contributed by atoms with E-state index in [1.54, 1.807) is 18.3 Å². The molecule has 32 heavy (non-hydrogen) atoms. The van der Waals surface area contributed by atoms with Crippen molar-refractivity contribution in [1.29, 1.82) is 0 Å². The molecule has 1 saturated heterocycles. The molecule has 6 heteroatoms. The molecule has 0 bridgehead atoms. The standard InChI is InChI=1S/C26H31N5O/c1-18(2)15-21-17-31(14-13-28-21)23-11-10-20(16-19-7-4-3-5-8-19)24(30-23)25(32)22-9-6-12-29-26(22)27/h3-12,18,21,28H,13-17H2,1-2H3,(H2,27,29)/t21-/m0/s1. The topological polar surface area (TPSA) is 84.1 Å². The van der Waals surface area contributed by atoms with Gasteiger partial charge in [-0.05, 0) is 48.1 Å². The molecule has 3 heterocycles. The fraction of sp³-hybridized carbons (Fsp3) is 0.346. The number of hydrogen-bond donors (Lipinski definition) is 2. The summed E-state index contributed by atoms with van der Waals surface area (Å²) in [4.78, 5) is 24.8. The third-order valence-corrected chi connectivity index (χ3v) is 5.84. The average molecular weight is 430 g/mol. The molecule has 166 valence electrons. The van der Waals surface area contributed by atoms with E-state index >= 15 is 0 Å². The van der Waals surface area contributed by atoms with Crippen molar-refractivity contribution in [2.24, 2.45) is 5.92 Å². The molecule has 1 fully saturated rings. The van der Waals surface area contributed by atoms with Crippen molar-refractivity contribution in [3.63, 3.8) is 0 Å². The van der Waals surface area contributed by atoms with E-state index in [9.17, 15) is 4.79 Å². The summed E-state index contributed by atoms with van der Waals surface area (Å²) in [5.74, 6) is 1.51. The number of nitrogens with zero attached hydrogens (tertiary/aromatic N) is 3. The van der Waals surface area contributed by atoms with E-state index in [1.165, 1.54) is 0 Å². The largest absolute Gasteiger partial charge is 0.383 e. The van der Waals surface area contributed by atoms with E-state index in [2.05, 4.69) is 41.2 Å². The molecule has 1 atom stereocenters. The third kappa shape index (κ3) is 5.14. The van der Waals surface area contributed by atoms with E-state index < -0.39 is 0 Å². The second kappa shape index (κ2) is 9.92. The molecule has 3 N–H and O–H groups in total. The van der Waals surface area contributed by atoms with Gasteiger partial charge < -0.3 is 16.0 Å². The quantitative estimate of drug-likeness (QED) is 0.557. The van der Waals surface area contributed by atoms with Crippen LogP contribution in [0.1, 0.15) is 47.4 Å². The highest BCUT2D eigenvalue weighted by Gasteiger charge is 2.24. The van der Waals surface area contributed by atoms with Gasteiger partial charge in [-0.15, -0.1) is 0 Å². The van der Waals surface area contributed by atoms with Crippen molar-refractivity contribution >= 4 is 17.4 Å². The van der Waals surface area contributed by atoms with Gasteiger partial charge in [0.15, 0.2) is 0 Å². The number of hydrogen-bond acceptors (Lipinski definition) is 6. The van der Waals surface area contributed by atoms with Gasteiger partial charge in [-0.2, -0.15) is 0 Å². The van der Waals surface area contributed by atoms with Crippen LogP contribution in [0.5, 0.6) is 0 Å². The summed E-state index contributed by atoms with van der Waals surface area (Å²) >= 11 is 0. The van der Waals surface area contributed by atoms with Crippen molar-refractivity contribution in [3.05, 3.63) is 83.2 Å². The Balaban J connectivity index is 1.69. The first-order valence-electron chi connectivity index (χ1n) is 11.3. The van der Waals surface area contributed by atoms with Crippen molar-refractivity contribution in [1.82, 2.24) is 15.3 Å². The number of nitrogen functional groups attached to an aromatic ring is 1. The van der Waals surface area contributed by atoms with Crippen LogP contribution in [-0.4, -0.2) is 41.4 Å². The summed E-state index contributed by atoms with van der Waals surface area (Å²) in [6.45, 7) is 7.14. The Hall–Kier alpha value is -3.25. The Labute approximate surface area is 189 Å². The zero-order chi connectivity index (χ0) is 22.5. The number of carbonyl (C=O) groups excluding carboxylic acids is 1. The Morgan fingerprint density at radius 3 is 2.72 bits per heavy atom. The van der Waals surface area contributed by atoms with Crippen LogP contribution >= 0.6 is 0 Å². The minimum absolute atomic E-state index is 0.183. The number of carbonyl (C=O) groups is 1. The second-order valence-electron chi connectivity index (χ2n) is 8.83. The summed E-state index contributed by atoms with van der Waals surface area (Å²) in [6.07, 6.45) is 3.34. The first kappa shape index (κ1) is 22.0. The number of rotatable bonds is 7. The van der Waals surface area contributed by atoms with Crippen LogP contribution in [0.4, 0.5) is 11.6 Å². The third-order valence-electron chi connectivity index (χ3n) is 5.84. The fourth-order valence-electron chi connectivity index (χ4n) is 4.31. The van der Waals surface area contributed by atoms with Crippen molar-refractivity contribution in [3.8, 4) is 0 Å². The SMILES string of the molecule is CC(C)C[C@H]1CN(c2ccc(Cc3ccccc3)c(C(=O)c3cccnc3N)n2)CCN1. The van der Waals surface area contributed by atoms with Gasteiger partial charge in [0.25, 0.3) is 0 Å². The Morgan fingerprint density at radius 1 is 1.16 bits per heavy atom. The highest BCUT2D eigenvalue weighted by molar-refractivity contribution is 6.11. The molecule has 0 radical (unpaired) electrons. The maximum atomic E-state index is 13.5. The Bertz CT molecular complexity index is 1070. The first-order chi connectivity index (χ1) is 15.5. The zero-order valence-electron chi connectivity index (χ0n) is 18.8. The molecule has 1 aliphatic rings. The monoisotopic (exact) mass is 429 g/mol. The van der Waals surface area contributed by atoms with Crippen LogP contribution in [0.2, 0.25) is 0 Å². The molecule has 0 amide bonds. The molecule has 0 saturated carbocycles. The zero-order valence-corrected chi connectivity index (χ0v) is 18.8. The van der Waals surface area contributed by atoms with Gasteiger partial charge in [0.1, 0.15) is 17.3 Å². The lowest BCUT2D eigenvalue weighted by Crippen LogP contribution is -2.51. The van der Waals surface area contributed by atoms with Gasteiger partial charge in [0.2, 0.25) is 5.78 Å². The van der Waals surface area contributed by atoms with Crippen LogP contribution in [-0.2, 0) is 6.42 Å². The minimum Gasteiger partial charge on any atom is -0.383 e. The average Bonchev–Trinajstić information content (AvgIpc) is 2.80. The molecule has 1 aliphatic heterocycles. The van der Waals surface area contributed by atoms with Gasteiger partial charge in [0, 0.05) is 31.9 Å². The summed E-state index contributed by atoms with van der Waals surface area (Å²) in [7, 11) is 0. The van der Waals surface area contributed by atoms with Crippen molar-refractivity contribution in [2.75, 3.05) is 30.3 Å². The number of benzene rings is 1. The van der Waals surface area contributed by atoms with Crippen LogP contribution in [0.15, 0.2) is 60.8 Å². The van der Waals surface area contributed by atoms with Crippen molar-refractivity contribution in [2.45, 2.75) is 32.7 Å². The maximum Gasteiger partial charge on any atom is 0.215 e. The molecule has 2 aromatic heterocycles. The van der Waals surface area contributed by atoms with Gasteiger partial charge >= 0.3 is 0 Å². The number of anilines is 2.